The Hall–Kier alpha value is -1.48. The average Bonchev–Trinajstić information content (AvgIpc) is 2.71. The van der Waals surface area contributed by atoms with Gasteiger partial charge in [-0.3, -0.25) is 9.69 Å². The van der Waals surface area contributed by atoms with Crippen LogP contribution < -0.4 is 0 Å². The Kier molecular flexibility index (Phi) is 5.17. The van der Waals surface area contributed by atoms with E-state index < -0.39 is 30.3 Å². The van der Waals surface area contributed by atoms with Crippen molar-refractivity contribution in [2.45, 2.75) is 6.04 Å². The Morgan fingerprint density at radius 3 is 2.77 bits per heavy atom. The zero-order valence-electron chi connectivity index (χ0n) is 10.8. The average molecular weight is 362 g/mol. The Balaban J connectivity index is 2.40. The van der Waals surface area contributed by atoms with Crippen LogP contribution in [0.3, 0.4) is 0 Å². The van der Waals surface area contributed by atoms with Gasteiger partial charge in [0.25, 0.3) is 5.91 Å². The van der Waals surface area contributed by atoms with E-state index in [1.807, 2.05) is 0 Å². The van der Waals surface area contributed by atoms with Crippen LogP contribution in [0.25, 0.3) is 6.08 Å². The molecule has 1 aromatic rings. The number of aliphatic carboxylic acids is 1. The Labute approximate surface area is 139 Å². The summed E-state index contributed by atoms with van der Waals surface area (Å²) in [5.41, 5.74) is 0.0144. The number of benzene rings is 1. The maximum Gasteiger partial charge on any atom is 0.329 e. The van der Waals surface area contributed by atoms with Crippen molar-refractivity contribution in [3.63, 3.8) is 0 Å². The highest BCUT2D eigenvalue weighted by Gasteiger charge is 2.40. The van der Waals surface area contributed by atoms with Gasteiger partial charge in [-0.25, -0.2) is 9.18 Å². The first kappa shape index (κ1) is 16.9. The van der Waals surface area contributed by atoms with Crippen molar-refractivity contribution >= 4 is 57.9 Å². The van der Waals surface area contributed by atoms with Crippen molar-refractivity contribution in [1.29, 1.82) is 0 Å². The van der Waals surface area contributed by atoms with Crippen molar-refractivity contribution in [2.75, 3.05) is 6.61 Å². The summed E-state index contributed by atoms with van der Waals surface area (Å²) in [7, 11) is 0. The molecule has 0 bridgehead atoms. The number of carboxylic acids is 1. The molecule has 1 amide bonds. The van der Waals surface area contributed by atoms with Crippen LogP contribution in [0.4, 0.5) is 4.39 Å². The van der Waals surface area contributed by atoms with Crippen LogP contribution in [-0.4, -0.2) is 44.0 Å². The zero-order valence-corrected chi connectivity index (χ0v) is 13.2. The number of rotatable bonds is 4. The van der Waals surface area contributed by atoms with E-state index in [1.165, 1.54) is 24.3 Å². The number of nitrogens with zero attached hydrogens (tertiary/aromatic N) is 1. The second kappa shape index (κ2) is 6.74. The van der Waals surface area contributed by atoms with Crippen LogP contribution >= 0.6 is 35.6 Å². The second-order valence-electron chi connectivity index (χ2n) is 4.22. The van der Waals surface area contributed by atoms with Gasteiger partial charge in [0.15, 0.2) is 6.04 Å². The molecule has 9 heteroatoms. The minimum absolute atomic E-state index is 0.0144. The van der Waals surface area contributed by atoms with E-state index in [0.29, 0.717) is 0 Å². The number of halogens is 2. The Morgan fingerprint density at radius 1 is 1.55 bits per heavy atom. The van der Waals surface area contributed by atoms with Gasteiger partial charge in [-0.2, -0.15) is 0 Å². The molecule has 116 valence electrons. The third-order valence-electron chi connectivity index (χ3n) is 2.87. The molecule has 1 atom stereocenters. The summed E-state index contributed by atoms with van der Waals surface area (Å²) in [5, 5.41) is 18.2. The Bertz CT molecular complexity index is 674. The van der Waals surface area contributed by atoms with Crippen LogP contribution in [0.15, 0.2) is 23.1 Å². The third-order valence-corrected chi connectivity index (χ3v) is 4.53. The van der Waals surface area contributed by atoms with Crippen molar-refractivity contribution in [3.8, 4) is 0 Å². The van der Waals surface area contributed by atoms with E-state index in [0.717, 1.165) is 16.7 Å². The molecule has 0 aliphatic carbocycles. The summed E-state index contributed by atoms with van der Waals surface area (Å²) in [6.07, 6.45) is 1.22. The summed E-state index contributed by atoms with van der Waals surface area (Å²) >= 11 is 11.7. The molecule has 0 radical (unpaired) electrons. The van der Waals surface area contributed by atoms with E-state index in [9.17, 15) is 14.0 Å². The maximum absolute atomic E-state index is 13.7. The van der Waals surface area contributed by atoms with Crippen LogP contribution in [0.5, 0.6) is 0 Å². The molecule has 0 unspecified atom stereocenters. The highest BCUT2D eigenvalue weighted by atomic mass is 35.5. The van der Waals surface area contributed by atoms with Crippen LogP contribution in [0.1, 0.15) is 5.56 Å². The fourth-order valence-corrected chi connectivity index (χ4v) is 3.35. The number of amides is 1. The number of thioether (sulfide) groups is 1. The van der Waals surface area contributed by atoms with Gasteiger partial charge in [0.2, 0.25) is 0 Å². The summed E-state index contributed by atoms with van der Waals surface area (Å²) in [6, 6.07) is 2.60. The van der Waals surface area contributed by atoms with Crippen molar-refractivity contribution in [1.82, 2.24) is 4.90 Å². The maximum atomic E-state index is 13.7. The van der Waals surface area contributed by atoms with E-state index in [2.05, 4.69) is 0 Å². The first-order valence-corrected chi connectivity index (χ1v) is 7.51. The van der Waals surface area contributed by atoms with Gasteiger partial charge in [-0.15, -0.1) is 0 Å². The molecule has 5 nitrogen and oxygen atoms in total. The van der Waals surface area contributed by atoms with E-state index in [-0.39, 0.29) is 19.8 Å². The van der Waals surface area contributed by atoms with Crippen molar-refractivity contribution in [3.05, 3.63) is 39.5 Å². The molecule has 1 heterocycles. The smallest absolute Gasteiger partial charge is 0.329 e. The lowest BCUT2D eigenvalue weighted by molar-refractivity contribution is -0.146. The highest BCUT2D eigenvalue weighted by molar-refractivity contribution is 8.26. The van der Waals surface area contributed by atoms with Crippen LogP contribution in [0.2, 0.25) is 5.02 Å². The molecule has 2 N–H and O–H groups in total. The third kappa shape index (κ3) is 3.14. The normalized spacial score (nSPS) is 18.1. The topological polar surface area (TPSA) is 77.8 Å². The summed E-state index contributed by atoms with van der Waals surface area (Å²) in [4.78, 5) is 24.1. The number of hydrogen-bond acceptors (Lipinski definition) is 5. The van der Waals surface area contributed by atoms with Gasteiger partial charge >= 0.3 is 5.97 Å². The minimum atomic E-state index is -1.48. The number of carbonyl (C=O) groups is 2. The quantitative estimate of drug-likeness (QED) is 0.632. The number of hydrogen-bond donors (Lipinski definition) is 2. The largest absolute Gasteiger partial charge is 0.480 e. The van der Waals surface area contributed by atoms with Crippen LogP contribution in [0, 0.1) is 5.82 Å². The molecule has 1 saturated heterocycles. The predicted octanol–water partition coefficient (Wildman–Crippen LogP) is 2.13. The molecule has 1 aromatic carbocycles. The lowest BCUT2D eigenvalue weighted by Gasteiger charge is -2.20. The zero-order chi connectivity index (χ0) is 16.4. The number of aliphatic hydroxyl groups is 1. The minimum Gasteiger partial charge on any atom is -0.480 e. The fraction of sp³-hybridized carbons (Fsp3) is 0.154. The monoisotopic (exact) mass is 361 g/mol. The molecule has 1 aliphatic heterocycles. The number of carboxylic acid groups (broad SMARTS) is 1. The molecular weight excluding hydrogens is 353 g/mol. The Morgan fingerprint density at radius 2 is 2.23 bits per heavy atom. The first-order chi connectivity index (χ1) is 10.4. The fourth-order valence-electron chi connectivity index (χ4n) is 1.80. The van der Waals surface area contributed by atoms with E-state index in [4.69, 9.17) is 34.0 Å². The number of thiocarbonyl (C=S) groups is 1. The lowest BCUT2D eigenvalue weighted by Crippen LogP contribution is -2.46. The molecule has 22 heavy (non-hydrogen) atoms. The summed E-state index contributed by atoms with van der Waals surface area (Å²) in [6.45, 7) is -0.782. The molecule has 2 rings (SSSR count). The van der Waals surface area contributed by atoms with Gasteiger partial charge in [0.1, 0.15) is 10.1 Å². The molecule has 0 spiro atoms. The SMILES string of the molecule is O=C(O)[C@@H](CO)N1C(=O)/C(=C/c2c(F)cccc2Cl)SC1=S. The van der Waals surface area contributed by atoms with Gasteiger partial charge in [0.05, 0.1) is 16.5 Å². The summed E-state index contributed by atoms with van der Waals surface area (Å²) < 4.78 is 13.7. The lowest BCUT2D eigenvalue weighted by atomic mass is 10.2. The van der Waals surface area contributed by atoms with E-state index >= 15 is 0 Å². The number of aliphatic hydroxyl groups excluding tert-OH is 1. The molecule has 1 aliphatic rings. The molecule has 1 fully saturated rings. The first-order valence-electron chi connectivity index (χ1n) is 5.91. The second-order valence-corrected chi connectivity index (χ2v) is 6.31. The van der Waals surface area contributed by atoms with Crippen molar-refractivity contribution < 1.29 is 24.2 Å². The van der Waals surface area contributed by atoms with Gasteiger partial charge in [-0.1, -0.05) is 41.6 Å². The highest BCUT2D eigenvalue weighted by Crippen LogP contribution is 2.35. The number of carbonyl (C=O) groups excluding carboxylic acids is 1. The van der Waals surface area contributed by atoms with Gasteiger partial charge in [-0.05, 0) is 18.2 Å². The van der Waals surface area contributed by atoms with E-state index in [1.54, 1.807) is 0 Å². The van der Waals surface area contributed by atoms with Gasteiger partial charge in [0, 0.05) is 5.56 Å². The van der Waals surface area contributed by atoms with Gasteiger partial charge < -0.3 is 10.2 Å². The predicted molar refractivity (Wildman–Crippen MR) is 84.9 cm³/mol. The molecule has 0 aromatic heterocycles. The molecular formula is C13H9ClFNO4S2. The standard InChI is InChI=1S/C13H9ClFNO4S2/c14-7-2-1-3-8(15)6(7)4-10-11(18)16(13(21)22-10)9(5-17)12(19)20/h1-4,9,17H,5H2,(H,19,20)/b10-4-/t9-/m1/s1. The molecule has 0 saturated carbocycles. The summed E-state index contributed by atoms with van der Waals surface area (Å²) in [5.74, 6) is -2.71. The van der Waals surface area contributed by atoms with Crippen LogP contribution in [-0.2, 0) is 9.59 Å². The van der Waals surface area contributed by atoms with Crippen molar-refractivity contribution in [2.24, 2.45) is 0 Å².